The Morgan fingerprint density at radius 1 is 1.03 bits per heavy atom. The number of hydrogen-bond donors (Lipinski definition) is 0. The molecular formula is C22H20FN3O3. The molecule has 7 heteroatoms. The Labute approximate surface area is 167 Å². The zero-order valence-electron chi connectivity index (χ0n) is 15.7. The number of benzene rings is 2. The van der Waals surface area contributed by atoms with Crippen LogP contribution in [0.15, 0.2) is 67.0 Å². The van der Waals surface area contributed by atoms with Crippen molar-refractivity contribution in [2.45, 2.75) is 18.9 Å². The molecule has 1 unspecified atom stereocenters. The lowest BCUT2D eigenvalue weighted by atomic mass is 10.1. The minimum Gasteiger partial charge on any atom is -0.458 e. The number of amides is 1. The predicted octanol–water partition coefficient (Wildman–Crippen LogP) is 4.09. The van der Waals surface area contributed by atoms with Crippen LogP contribution in [-0.4, -0.2) is 40.0 Å². The Morgan fingerprint density at radius 2 is 1.83 bits per heavy atom. The van der Waals surface area contributed by atoms with Crippen molar-refractivity contribution < 1.29 is 18.7 Å². The Balaban J connectivity index is 1.42. The highest BCUT2D eigenvalue weighted by atomic mass is 19.1. The first kappa shape index (κ1) is 18.9. The maximum absolute atomic E-state index is 13.0. The third kappa shape index (κ3) is 4.87. The Bertz CT molecular complexity index is 967. The standard InChI is InChI=1S/C22H20FN3O3/c23-17-7-9-18(10-8-17)28-19-5-1-4-16(14-19)21(27)26-13-2-6-20(15-26)29-22-24-11-3-12-25-22/h1,3-5,7-12,14,20H,2,6,13,15H2. The van der Waals surface area contributed by atoms with Gasteiger partial charge in [0.05, 0.1) is 6.54 Å². The molecule has 3 aromatic rings. The normalized spacial score (nSPS) is 16.3. The highest BCUT2D eigenvalue weighted by molar-refractivity contribution is 5.94. The van der Waals surface area contributed by atoms with E-state index in [1.54, 1.807) is 59.8 Å². The SMILES string of the molecule is O=C(c1cccc(Oc2ccc(F)cc2)c1)N1CCCC(Oc2ncccn2)C1. The molecule has 0 aliphatic carbocycles. The summed E-state index contributed by atoms with van der Waals surface area (Å²) in [6.07, 6.45) is 4.79. The van der Waals surface area contributed by atoms with E-state index in [4.69, 9.17) is 9.47 Å². The van der Waals surface area contributed by atoms with Crippen LogP contribution in [0.3, 0.4) is 0 Å². The lowest BCUT2D eigenvalue weighted by molar-refractivity contribution is 0.0515. The van der Waals surface area contributed by atoms with Gasteiger partial charge in [-0.05, 0) is 61.4 Å². The van der Waals surface area contributed by atoms with Crippen LogP contribution in [0.4, 0.5) is 4.39 Å². The van der Waals surface area contributed by atoms with Crippen molar-refractivity contribution in [1.82, 2.24) is 14.9 Å². The number of hydrogen-bond acceptors (Lipinski definition) is 5. The van der Waals surface area contributed by atoms with Crippen molar-refractivity contribution in [3.63, 3.8) is 0 Å². The molecule has 1 amide bonds. The first-order chi connectivity index (χ1) is 14.2. The first-order valence-electron chi connectivity index (χ1n) is 9.44. The molecule has 1 fully saturated rings. The van der Waals surface area contributed by atoms with Gasteiger partial charge in [-0.2, -0.15) is 0 Å². The van der Waals surface area contributed by atoms with Gasteiger partial charge in [-0.1, -0.05) is 6.07 Å². The quantitative estimate of drug-likeness (QED) is 0.653. The summed E-state index contributed by atoms with van der Waals surface area (Å²) in [6.45, 7) is 1.14. The molecule has 0 radical (unpaired) electrons. The molecule has 148 valence electrons. The van der Waals surface area contributed by atoms with E-state index in [2.05, 4.69) is 9.97 Å². The monoisotopic (exact) mass is 393 g/mol. The van der Waals surface area contributed by atoms with E-state index >= 15 is 0 Å². The summed E-state index contributed by atoms with van der Waals surface area (Å²) in [4.78, 5) is 22.9. The third-order valence-corrected chi connectivity index (χ3v) is 4.61. The maximum atomic E-state index is 13.0. The van der Waals surface area contributed by atoms with Crippen molar-refractivity contribution in [3.05, 3.63) is 78.4 Å². The zero-order valence-corrected chi connectivity index (χ0v) is 15.7. The number of ether oxygens (including phenoxy) is 2. The van der Waals surface area contributed by atoms with Gasteiger partial charge in [0.1, 0.15) is 23.4 Å². The molecule has 1 saturated heterocycles. The van der Waals surface area contributed by atoms with E-state index in [0.717, 1.165) is 12.8 Å². The molecule has 2 aromatic carbocycles. The van der Waals surface area contributed by atoms with Gasteiger partial charge in [0.2, 0.25) is 0 Å². The summed E-state index contributed by atoms with van der Waals surface area (Å²) in [5.41, 5.74) is 0.529. The second-order valence-electron chi connectivity index (χ2n) is 6.75. The molecule has 1 atom stereocenters. The Hall–Kier alpha value is -3.48. The van der Waals surface area contributed by atoms with Gasteiger partial charge >= 0.3 is 6.01 Å². The number of likely N-dealkylation sites (tertiary alicyclic amines) is 1. The van der Waals surface area contributed by atoms with Crippen LogP contribution in [0.25, 0.3) is 0 Å². The van der Waals surface area contributed by atoms with Gasteiger partial charge in [0.25, 0.3) is 5.91 Å². The molecular weight excluding hydrogens is 373 g/mol. The zero-order chi connectivity index (χ0) is 20.1. The molecule has 4 rings (SSSR count). The van der Waals surface area contributed by atoms with Gasteiger partial charge in [-0.25, -0.2) is 14.4 Å². The fraction of sp³-hybridized carbons (Fsp3) is 0.227. The minimum absolute atomic E-state index is 0.0863. The van der Waals surface area contributed by atoms with Crippen LogP contribution in [-0.2, 0) is 0 Å². The van der Waals surface area contributed by atoms with Gasteiger partial charge in [-0.15, -0.1) is 0 Å². The molecule has 0 spiro atoms. The summed E-state index contributed by atoms with van der Waals surface area (Å²) < 4.78 is 24.6. The average molecular weight is 393 g/mol. The largest absolute Gasteiger partial charge is 0.458 e. The third-order valence-electron chi connectivity index (χ3n) is 4.61. The molecule has 29 heavy (non-hydrogen) atoms. The number of piperidine rings is 1. The lowest BCUT2D eigenvalue weighted by Crippen LogP contribution is -2.44. The highest BCUT2D eigenvalue weighted by Crippen LogP contribution is 2.24. The molecule has 1 aromatic heterocycles. The number of nitrogens with zero attached hydrogens (tertiary/aromatic N) is 3. The van der Waals surface area contributed by atoms with E-state index in [-0.39, 0.29) is 17.8 Å². The van der Waals surface area contributed by atoms with E-state index in [0.29, 0.717) is 36.2 Å². The number of carbonyl (C=O) groups excluding carboxylic acids is 1. The number of carbonyl (C=O) groups is 1. The fourth-order valence-corrected chi connectivity index (χ4v) is 3.23. The van der Waals surface area contributed by atoms with E-state index < -0.39 is 0 Å². The number of aromatic nitrogens is 2. The molecule has 0 N–H and O–H groups in total. The average Bonchev–Trinajstić information content (AvgIpc) is 2.76. The van der Waals surface area contributed by atoms with Crippen molar-refractivity contribution >= 4 is 5.91 Å². The Morgan fingerprint density at radius 3 is 2.62 bits per heavy atom. The van der Waals surface area contributed by atoms with E-state index in [9.17, 15) is 9.18 Å². The predicted molar refractivity (Wildman–Crippen MR) is 105 cm³/mol. The Kier molecular flexibility index (Phi) is 5.65. The molecule has 0 saturated carbocycles. The summed E-state index contributed by atoms with van der Waals surface area (Å²) >= 11 is 0. The topological polar surface area (TPSA) is 64.5 Å². The van der Waals surface area contributed by atoms with Gasteiger partial charge < -0.3 is 14.4 Å². The lowest BCUT2D eigenvalue weighted by Gasteiger charge is -2.32. The van der Waals surface area contributed by atoms with E-state index in [1.165, 1.54) is 12.1 Å². The molecule has 6 nitrogen and oxygen atoms in total. The summed E-state index contributed by atoms with van der Waals surface area (Å²) in [6, 6.07) is 14.8. The molecule has 1 aliphatic heterocycles. The van der Waals surface area contributed by atoms with Crippen LogP contribution in [0, 0.1) is 5.82 Å². The van der Waals surface area contributed by atoms with Gasteiger partial charge in [-0.3, -0.25) is 4.79 Å². The second-order valence-corrected chi connectivity index (χ2v) is 6.75. The van der Waals surface area contributed by atoms with Crippen LogP contribution in [0.5, 0.6) is 17.5 Å². The van der Waals surface area contributed by atoms with Crippen LogP contribution < -0.4 is 9.47 Å². The first-order valence-corrected chi connectivity index (χ1v) is 9.44. The van der Waals surface area contributed by atoms with Crippen LogP contribution in [0.2, 0.25) is 0 Å². The number of rotatable bonds is 5. The van der Waals surface area contributed by atoms with Crippen LogP contribution >= 0.6 is 0 Å². The fourth-order valence-electron chi connectivity index (χ4n) is 3.23. The van der Waals surface area contributed by atoms with Crippen molar-refractivity contribution in [2.75, 3.05) is 13.1 Å². The van der Waals surface area contributed by atoms with Crippen molar-refractivity contribution in [2.24, 2.45) is 0 Å². The summed E-state index contributed by atoms with van der Waals surface area (Å²) in [5, 5.41) is 0. The van der Waals surface area contributed by atoms with Crippen molar-refractivity contribution in [3.8, 4) is 17.5 Å². The highest BCUT2D eigenvalue weighted by Gasteiger charge is 2.26. The molecule has 2 heterocycles. The second kappa shape index (κ2) is 8.68. The smallest absolute Gasteiger partial charge is 0.316 e. The van der Waals surface area contributed by atoms with Gasteiger partial charge in [0, 0.05) is 24.5 Å². The maximum Gasteiger partial charge on any atom is 0.316 e. The molecule has 1 aliphatic rings. The molecule has 0 bridgehead atoms. The van der Waals surface area contributed by atoms with Crippen molar-refractivity contribution in [1.29, 1.82) is 0 Å². The summed E-state index contributed by atoms with van der Waals surface area (Å²) in [7, 11) is 0. The van der Waals surface area contributed by atoms with E-state index in [1.807, 2.05) is 0 Å². The van der Waals surface area contributed by atoms with Gasteiger partial charge in [0.15, 0.2) is 0 Å². The summed E-state index contributed by atoms with van der Waals surface area (Å²) in [5.74, 6) is 0.608. The minimum atomic E-state index is -0.330. The van der Waals surface area contributed by atoms with Crippen LogP contribution in [0.1, 0.15) is 23.2 Å². The number of halogens is 1.